The van der Waals surface area contributed by atoms with Gasteiger partial charge in [-0.2, -0.15) is 0 Å². The van der Waals surface area contributed by atoms with Crippen LogP contribution in [0.25, 0.3) is 0 Å². The third kappa shape index (κ3) is 1.97. The topological polar surface area (TPSA) is 53.0 Å². The van der Waals surface area contributed by atoms with Gasteiger partial charge in [-0.3, -0.25) is 0 Å². The smallest absolute Gasteiger partial charge is 0.121 e. The number of hydrogen-bond donors (Lipinski definition) is 2. The molecule has 0 aromatic rings. The molecule has 0 amide bonds. The summed E-state index contributed by atoms with van der Waals surface area (Å²) in [6.07, 6.45) is 1.06. The van der Waals surface area contributed by atoms with E-state index in [1.54, 1.807) is 0 Å². The molecule has 0 aromatic carbocycles. The van der Waals surface area contributed by atoms with Crippen molar-refractivity contribution >= 4 is 0 Å². The number of aliphatic hydroxyl groups is 2. The predicted molar refractivity (Wildman–Crippen MR) is 48.2 cm³/mol. The fraction of sp³-hybridized carbons (Fsp3) is 0.800. The minimum Gasteiger partial charge on any atom is -0.394 e. The molecule has 4 heteroatoms. The fourth-order valence-electron chi connectivity index (χ4n) is 2.40. The molecule has 3 unspecified atom stereocenters. The molecule has 2 rings (SSSR count). The van der Waals surface area contributed by atoms with E-state index in [9.17, 15) is 5.11 Å². The van der Waals surface area contributed by atoms with Crippen molar-refractivity contribution in [1.82, 2.24) is 0 Å². The van der Waals surface area contributed by atoms with Crippen LogP contribution in [0.5, 0.6) is 0 Å². The van der Waals surface area contributed by atoms with E-state index in [-0.39, 0.29) is 56.8 Å². The zero-order valence-electron chi connectivity index (χ0n) is 8.44. The summed E-state index contributed by atoms with van der Waals surface area (Å²) in [6, 6.07) is 0. The SMILES string of the molecule is C=C1C(O)C[C@@H](C)CC12OC2CO.[Ac]. The molecule has 14 heavy (non-hydrogen) atoms. The van der Waals surface area contributed by atoms with E-state index < -0.39 is 11.7 Å². The first kappa shape index (κ1) is 13.1. The van der Waals surface area contributed by atoms with Gasteiger partial charge in [-0.05, 0) is 24.3 Å². The minimum atomic E-state index is -0.458. The van der Waals surface area contributed by atoms with E-state index in [2.05, 4.69) is 13.5 Å². The molecule has 1 aliphatic heterocycles. The van der Waals surface area contributed by atoms with Crippen molar-refractivity contribution in [2.45, 2.75) is 37.6 Å². The number of rotatable bonds is 1. The molecule has 0 aromatic heterocycles. The first-order chi connectivity index (χ1) is 6.10. The molecule has 1 saturated heterocycles. The van der Waals surface area contributed by atoms with Crippen molar-refractivity contribution < 1.29 is 59.0 Å². The fourth-order valence-corrected chi connectivity index (χ4v) is 2.40. The third-order valence-corrected chi connectivity index (χ3v) is 3.20. The molecule has 1 aliphatic carbocycles. The summed E-state index contributed by atoms with van der Waals surface area (Å²) in [7, 11) is 0. The monoisotopic (exact) mass is 411 g/mol. The molecule has 3 nitrogen and oxygen atoms in total. The van der Waals surface area contributed by atoms with Gasteiger partial charge >= 0.3 is 0 Å². The maximum Gasteiger partial charge on any atom is 0.121 e. The molecular weight excluding hydrogens is 395 g/mol. The molecule has 1 radical (unpaired) electrons. The Kier molecular flexibility index (Phi) is 4.23. The molecule has 2 fully saturated rings. The van der Waals surface area contributed by atoms with Gasteiger partial charge in [-0.1, -0.05) is 13.5 Å². The van der Waals surface area contributed by atoms with E-state index in [0.717, 1.165) is 18.4 Å². The van der Waals surface area contributed by atoms with Crippen LogP contribution in [0, 0.1) is 50.0 Å². The zero-order chi connectivity index (χ0) is 9.64. The van der Waals surface area contributed by atoms with Crippen molar-refractivity contribution in [3.63, 3.8) is 0 Å². The van der Waals surface area contributed by atoms with E-state index in [1.165, 1.54) is 0 Å². The normalized spacial score (nSPS) is 46.2. The van der Waals surface area contributed by atoms with Crippen molar-refractivity contribution in [2.75, 3.05) is 6.61 Å². The summed E-state index contributed by atoms with van der Waals surface area (Å²) in [5.74, 6) is 0.442. The average molecular weight is 411 g/mol. The van der Waals surface area contributed by atoms with Crippen LogP contribution in [0.3, 0.4) is 0 Å². The summed E-state index contributed by atoms with van der Waals surface area (Å²) >= 11 is 0. The molecular formula is C10H16AcO3. The number of ether oxygens (including phenoxy) is 1. The zero-order valence-corrected chi connectivity index (χ0v) is 13.2. The summed E-state index contributed by atoms with van der Waals surface area (Å²) in [4.78, 5) is 0. The predicted octanol–water partition coefficient (Wildman–Crippen LogP) is 0.463. The molecule has 2 aliphatic rings. The number of aliphatic hydroxyl groups excluding tert-OH is 2. The first-order valence-corrected chi connectivity index (χ1v) is 4.76. The summed E-state index contributed by atoms with van der Waals surface area (Å²) < 4.78 is 5.44. The Labute approximate surface area is 120 Å². The summed E-state index contributed by atoms with van der Waals surface area (Å²) in [6.45, 7) is 5.97. The Hall–Kier alpha value is 1.06. The third-order valence-electron chi connectivity index (χ3n) is 3.20. The molecule has 4 atom stereocenters. The Balaban J connectivity index is 0.000000980. The summed E-state index contributed by atoms with van der Waals surface area (Å²) in [5.41, 5.74) is 0.357. The van der Waals surface area contributed by atoms with E-state index in [4.69, 9.17) is 9.84 Å². The van der Waals surface area contributed by atoms with Crippen LogP contribution in [-0.4, -0.2) is 34.6 Å². The van der Waals surface area contributed by atoms with Crippen LogP contribution in [0.2, 0.25) is 0 Å². The second kappa shape index (κ2) is 4.51. The Morgan fingerprint density at radius 2 is 2.29 bits per heavy atom. The molecule has 1 saturated carbocycles. The van der Waals surface area contributed by atoms with Crippen molar-refractivity contribution in [2.24, 2.45) is 5.92 Å². The minimum absolute atomic E-state index is 0. The van der Waals surface area contributed by atoms with Crippen LogP contribution in [0.15, 0.2) is 12.2 Å². The number of hydrogen-bond acceptors (Lipinski definition) is 3. The average Bonchev–Trinajstić information content (AvgIpc) is 2.75. The van der Waals surface area contributed by atoms with Crippen molar-refractivity contribution in [3.05, 3.63) is 12.2 Å². The van der Waals surface area contributed by atoms with Gasteiger partial charge in [0.2, 0.25) is 0 Å². The maximum absolute atomic E-state index is 9.68. The van der Waals surface area contributed by atoms with Gasteiger partial charge < -0.3 is 14.9 Å². The Morgan fingerprint density at radius 1 is 1.64 bits per heavy atom. The van der Waals surface area contributed by atoms with E-state index in [1.807, 2.05) is 0 Å². The van der Waals surface area contributed by atoms with Crippen molar-refractivity contribution in [3.8, 4) is 0 Å². The summed E-state index contributed by atoms with van der Waals surface area (Å²) in [5, 5.41) is 18.6. The van der Waals surface area contributed by atoms with Crippen molar-refractivity contribution in [1.29, 1.82) is 0 Å². The van der Waals surface area contributed by atoms with E-state index >= 15 is 0 Å². The van der Waals surface area contributed by atoms with Crippen LogP contribution in [-0.2, 0) is 4.74 Å². The van der Waals surface area contributed by atoms with Crippen LogP contribution >= 0.6 is 0 Å². The van der Waals surface area contributed by atoms with Gasteiger partial charge in [-0.15, -0.1) is 0 Å². The van der Waals surface area contributed by atoms with Gasteiger partial charge in [0.15, 0.2) is 0 Å². The second-order valence-corrected chi connectivity index (χ2v) is 4.26. The van der Waals surface area contributed by atoms with Crippen LogP contribution in [0.1, 0.15) is 19.8 Å². The van der Waals surface area contributed by atoms with Gasteiger partial charge in [0.1, 0.15) is 11.7 Å². The molecule has 0 bridgehead atoms. The second-order valence-electron chi connectivity index (χ2n) is 4.26. The maximum atomic E-state index is 9.68. The van der Waals surface area contributed by atoms with Gasteiger partial charge in [0, 0.05) is 44.1 Å². The quantitative estimate of drug-likeness (QED) is 0.487. The van der Waals surface area contributed by atoms with E-state index in [0.29, 0.717) is 5.92 Å². The van der Waals surface area contributed by atoms with Crippen LogP contribution < -0.4 is 0 Å². The Morgan fingerprint density at radius 3 is 2.79 bits per heavy atom. The molecule has 77 valence electrons. The first-order valence-electron chi connectivity index (χ1n) is 4.76. The largest absolute Gasteiger partial charge is 0.394 e. The molecule has 1 spiro atoms. The van der Waals surface area contributed by atoms with Crippen LogP contribution in [0.4, 0.5) is 0 Å². The Bertz CT molecular complexity index is 244. The van der Waals surface area contributed by atoms with Gasteiger partial charge in [-0.25, -0.2) is 0 Å². The number of epoxide rings is 1. The molecule has 2 N–H and O–H groups in total. The molecule has 1 heterocycles. The van der Waals surface area contributed by atoms with Gasteiger partial charge in [0.25, 0.3) is 0 Å². The van der Waals surface area contributed by atoms with Gasteiger partial charge in [0.05, 0.1) is 12.7 Å². The standard InChI is InChI=1S/C10H16O3.Ac/c1-6-3-8(12)7(2)10(4-6)9(5-11)13-10;/h6,8-9,11-12H,2-5H2,1H3;/t6-,8?,9?,10?;/m1./s1.